The van der Waals surface area contributed by atoms with Gasteiger partial charge in [-0.1, -0.05) is 0 Å². The van der Waals surface area contributed by atoms with Gasteiger partial charge in [0.15, 0.2) is 0 Å². The van der Waals surface area contributed by atoms with Gasteiger partial charge in [0.25, 0.3) is 0 Å². The van der Waals surface area contributed by atoms with Crippen molar-refractivity contribution in [1.29, 1.82) is 0 Å². The van der Waals surface area contributed by atoms with Crippen LogP contribution in [0.3, 0.4) is 0 Å². The van der Waals surface area contributed by atoms with Crippen molar-refractivity contribution in [1.82, 2.24) is 0 Å². The van der Waals surface area contributed by atoms with Crippen molar-refractivity contribution < 1.29 is 23.8 Å². The number of hydrogen-bond acceptors (Lipinski definition) is 5. The molecule has 25 heavy (non-hydrogen) atoms. The molecule has 132 valence electrons. The molecule has 0 bridgehead atoms. The molecular formula is C19H20O5Se. The third-order valence-electron chi connectivity index (χ3n) is 3.31. The van der Waals surface area contributed by atoms with Gasteiger partial charge in [0.1, 0.15) is 0 Å². The Hall–Kier alpha value is -2.30. The number of carbonyl (C=O) groups excluding carboxylic acids is 2. The van der Waals surface area contributed by atoms with Crippen LogP contribution < -0.4 is 13.9 Å². The average Bonchev–Trinajstić information content (AvgIpc) is 2.65. The summed E-state index contributed by atoms with van der Waals surface area (Å²) in [5.74, 6) is 0.786. The molecule has 0 aliphatic heterocycles. The molecule has 0 amide bonds. The number of carbonyl (C=O) groups is 2. The van der Waals surface area contributed by atoms with Crippen LogP contribution in [0.1, 0.15) is 22.8 Å². The van der Waals surface area contributed by atoms with Crippen LogP contribution in [0.5, 0.6) is 11.5 Å². The molecule has 0 radical (unpaired) electrons. The van der Waals surface area contributed by atoms with Crippen LogP contribution in [0.4, 0.5) is 0 Å². The zero-order valence-electron chi connectivity index (χ0n) is 14.2. The maximum absolute atomic E-state index is 11.5. The van der Waals surface area contributed by atoms with E-state index in [2.05, 4.69) is 0 Å². The number of aldehydes is 1. The fourth-order valence-corrected chi connectivity index (χ4v) is 3.84. The average molecular weight is 407 g/mol. The van der Waals surface area contributed by atoms with Crippen LogP contribution in [-0.2, 0) is 16.1 Å². The summed E-state index contributed by atoms with van der Waals surface area (Å²) in [6, 6.07) is 13.2. The minimum absolute atomic E-state index is 0.215. The number of ether oxygens (including phenoxy) is 3. The predicted molar refractivity (Wildman–Crippen MR) is 96.0 cm³/mol. The fourth-order valence-electron chi connectivity index (χ4n) is 2.12. The summed E-state index contributed by atoms with van der Waals surface area (Å²) in [6.07, 6.45) is 0.775. The minimum atomic E-state index is -0.261. The Morgan fingerprint density at radius 2 is 1.92 bits per heavy atom. The summed E-state index contributed by atoms with van der Waals surface area (Å²) in [5, 5.41) is 0.273. The molecule has 0 saturated heterocycles. The van der Waals surface area contributed by atoms with Gasteiger partial charge in [-0.2, -0.15) is 0 Å². The Kier molecular flexibility index (Phi) is 7.51. The van der Waals surface area contributed by atoms with Crippen molar-refractivity contribution in [2.75, 3.05) is 13.7 Å². The van der Waals surface area contributed by atoms with Gasteiger partial charge in [-0.15, -0.1) is 0 Å². The normalized spacial score (nSPS) is 10.2. The van der Waals surface area contributed by atoms with E-state index in [1.54, 1.807) is 26.2 Å². The van der Waals surface area contributed by atoms with Crippen molar-refractivity contribution in [2.24, 2.45) is 0 Å². The quantitative estimate of drug-likeness (QED) is 0.363. The number of benzene rings is 2. The van der Waals surface area contributed by atoms with E-state index in [9.17, 15) is 9.59 Å². The van der Waals surface area contributed by atoms with Crippen LogP contribution in [0.25, 0.3) is 0 Å². The second-order valence-corrected chi connectivity index (χ2v) is 7.16. The van der Waals surface area contributed by atoms with Gasteiger partial charge >= 0.3 is 153 Å². The van der Waals surface area contributed by atoms with Gasteiger partial charge in [-0.05, 0) is 0 Å². The van der Waals surface area contributed by atoms with Gasteiger partial charge in [0.2, 0.25) is 0 Å². The molecule has 2 aromatic rings. The number of esters is 1. The first kappa shape index (κ1) is 19.0. The molecule has 0 unspecified atom stereocenters. The molecule has 0 aromatic heterocycles. The fraction of sp³-hybridized carbons (Fsp3) is 0.263. The molecule has 0 spiro atoms. The summed E-state index contributed by atoms with van der Waals surface area (Å²) in [4.78, 5) is 23.0. The number of methoxy groups -OCH3 is 1. The number of hydrogen-bond donors (Lipinski definition) is 0. The summed E-state index contributed by atoms with van der Waals surface area (Å²) in [7, 11) is 1.55. The zero-order valence-corrected chi connectivity index (χ0v) is 15.9. The molecule has 0 fully saturated rings. The summed E-state index contributed by atoms with van der Waals surface area (Å²) < 4.78 is 16.9. The molecule has 2 aromatic carbocycles. The van der Waals surface area contributed by atoms with Crippen molar-refractivity contribution in [3.8, 4) is 11.5 Å². The van der Waals surface area contributed by atoms with E-state index in [0.717, 1.165) is 16.3 Å². The van der Waals surface area contributed by atoms with Crippen molar-refractivity contribution in [3.63, 3.8) is 0 Å². The van der Waals surface area contributed by atoms with E-state index in [-0.39, 0.29) is 26.2 Å². The van der Waals surface area contributed by atoms with E-state index in [1.807, 2.05) is 30.3 Å². The summed E-state index contributed by atoms with van der Waals surface area (Å²) in [5.41, 5.74) is 1.53. The number of rotatable bonds is 9. The van der Waals surface area contributed by atoms with E-state index < -0.39 is 0 Å². The maximum atomic E-state index is 11.5. The van der Waals surface area contributed by atoms with E-state index in [4.69, 9.17) is 14.2 Å². The Labute approximate surface area is 153 Å². The molecule has 0 heterocycles. The molecule has 6 heteroatoms. The van der Waals surface area contributed by atoms with Crippen molar-refractivity contribution in [2.45, 2.75) is 18.8 Å². The van der Waals surface area contributed by atoms with Gasteiger partial charge in [-0.25, -0.2) is 0 Å². The first-order valence-corrected chi connectivity index (χ1v) is 9.87. The molecule has 0 aliphatic carbocycles. The second-order valence-electron chi connectivity index (χ2n) is 5.03. The van der Waals surface area contributed by atoms with Gasteiger partial charge < -0.3 is 0 Å². The Balaban J connectivity index is 2.15. The Morgan fingerprint density at radius 3 is 2.56 bits per heavy atom. The molecule has 0 aliphatic rings. The summed E-state index contributed by atoms with van der Waals surface area (Å²) in [6.45, 7) is 2.50. The summed E-state index contributed by atoms with van der Waals surface area (Å²) >= 11 is -0.215. The predicted octanol–water partition coefficient (Wildman–Crippen LogP) is 2.40. The molecule has 2 rings (SSSR count). The van der Waals surface area contributed by atoms with Crippen molar-refractivity contribution in [3.05, 3.63) is 53.6 Å². The topological polar surface area (TPSA) is 61.8 Å². The van der Waals surface area contributed by atoms with Crippen LogP contribution in [-0.4, -0.2) is 40.9 Å². The molecule has 0 atom stereocenters. The Morgan fingerprint density at radius 1 is 1.16 bits per heavy atom. The van der Waals surface area contributed by atoms with Gasteiger partial charge in [0, 0.05) is 0 Å². The van der Waals surface area contributed by atoms with Crippen LogP contribution >= 0.6 is 0 Å². The van der Waals surface area contributed by atoms with E-state index in [1.165, 1.54) is 0 Å². The first-order valence-electron chi connectivity index (χ1n) is 7.80. The second kappa shape index (κ2) is 9.87. The van der Waals surface area contributed by atoms with Crippen molar-refractivity contribution >= 4 is 31.7 Å². The zero-order chi connectivity index (χ0) is 18.1. The molecule has 5 nitrogen and oxygen atoms in total. The molecular weight excluding hydrogens is 387 g/mol. The monoisotopic (exact) mass is 408 g/mol. The molecule has 0 N–H and O–H groups in total. The third kappa shape index (κ3) is 5.62. The van der Waals surface area contributed by atoms with E-state index in [0.29, 0.717) is 30.3 Å². The SMILES string of the molecule is CCOC(=O)C[Se]c1cc(OC)c(OCc2ccccc2)cc1C=O. The molecule has 0 saturated carbocycles. The van der Waals surface area contributed by atoms with Gasteiger partial charge in [-0.3, -0.25) is 0 Å². The first-order chi connectivity index (χ1) is 12.2. The standard InChI is InChI=1S/C19H20O5Se/c1-3-23-19(21)13-25-18-10-16(22-2)17(9-15(18)11-20)24-12-14-7-5-4-6-8-14/h4-11H,3,12-13H2,1-2H3. The van der Waals surface area contributed by atoms with E-state index >= 15 is 0 Å². The van der Waals surface area contributed by atoms with Crippen LogP contribution in [0.15, 0.2) is 42.5 Å². The van der Waals surface area contributed by atoms with Gasteiger partial charge in [0.05, 0.1) is 0 Å². The van der Waals surface area contributed by atoms with Crippen LogP contribution in [0.2, 0.25) is 5.32 Å². The third-order valence-corrected chi connectivity index (χ3v) is 5.50. The van der Waals surface area contributed by atoms with Crippen LogP contribution in [0, 0.1) is 0 Å². The Bertz CT molecular complexity index is 715.